The van der Waals surface area contributed by atoms with E-state index >= 15 is 0 Å². The summed E-state index contributed by atoms with van der Waals surface area (Å²) in [4.78, 5) is 2.81. The third-order valence-electron chi connectivity index (χ3n) is 1.61. The van der Waals surface area contributed by atoms with Crippen LogP contribution in [0, 0.1) is 0 Å². The number of aromatic amines is 1. The first-order valence-corrected chi connectivity index (χ1v) is 4.95. The van der Waals surface area contributed by atoms with Crippen molar-refractivity contribution in [3.05, 3.63) is 18.5 Å². The minimum absolute atomic E-state index is 0.203. The van der Waals surface area contributed by atoms with Gasteiger partial charge in [-0.15, -0.1) is 5.10 Å². The van der Waals surface area contributed by atoms with E-state index in [4.69, 9.17) is 5.14 Å². The lowest BCUT2D eigenvalue weighted by molar-refractivity contribution is 0.593. The third kappa shape index (κ3) is 1.27. The first kappa shape index (κ1) is 8.14. The van der Waals surface area contributed by atoms with Gasteiger partial charge in [0.2, 0.25) is 5.03 Å². The Balaban J connectivity index is 2.91. The van der Waals surface area contributed by atoms with E-state index in [-0.39, 0.29) is 5.03 Å². The summed E-state index contributed by atoms with van der Waals surface area (Å²) in [6.45, 7) is 0. The molecule has 2 heterocycles. The van der Waals surface area contributed by atoms with Crippen molar-refractivity contribution >= 4 is 20.9 Å². The lowest BCUT2D eigenvalue weighted by Gasteiger charge is -1.96. The predicted octanol–water partition coefficient (Wildman–Crippen LogP) is -0.395. The third-order valence-corrected chi connectivity index (χ3v) is 2.45. The molecule has 13 heavy (non-hydrogen) atoms. The lowest BCUT2D eigenvalue weighted by Crippen LogP contribution is -2.14. The number of primary sulfonamides is 1. The van der Waals surface area contributed by atoms with E-state index in [2.05, 4.69) is 15.2 Å². The summed E-state index contributed by atoms with van der Waals surface area (Å²) < 4.78 is 22.0. The Kier molecular flexibility index (Phi) is 1.57. The van der Waals surface area contributed by atoms with Crippen molar-refractivity contribution < 1.29 is 8.42 Å². The summed E-state index contributed by atoms with van der Waals surface area (Å²) in [7, 11) is -3.79. The highest BCUT2D eigenvalue weighted by Gasteiger charge is 2.14. The number of hydrogen-bond donors (Lipinski definition) is 2. The van der Waals surface area contributed by atoms with Crippen LogP contribution in [0.4, 0.5) is 0 Å². The van der Waals surface area contributed by atoms with Crippen molar-refractivity contribution in [2.75, 3.05) is 0 Å². The molecule has 6 nitrogen and oxygen atoms in total. The van der Waals surface area contributed by atoms with Crippen molar-refractivity contribution in [3.8, 4) is 0 Å². The number of nitrogens with one attached hydrogen (secondary N) is 1. The van der Waals surface area contributed by atoms with Gasteiger partial charge >= 0.3 is 0 Å². The van der Waals surface area contributed by atoms with Crippen molar-refractivity contribution in [3.63, 3.8) is 0 Å². The van der Waals surface area contributed by atoms with E-state index in [1.54, 1.807) is 12.3 Å². The number of nitrogens with two attached hydrogens (primary N) is 1. The number of nitrogens with zero attached hydrogens (tertiary/aromatic N) is 2. The maximum atomic E-state index is 11.0. The average molecular weight is 198 g/mol. The molecule has 0 atom stereocenters. The Morgan fingerprint density at radius 2 is 2.23 bits per heavy atom. The monoisotopic (exact) mass is 198 g/mol. The first-order valence-electron chi connectivity index (χ1n) is 3.40. The van der Waals surface area contributed by atoms with Gasteiger partial charge in [-0.3, -0.25) is 0 Å². The van der Waals surface area contributed by atoms with E-state index in [1.165, 1.54) is 6.20 Å². The van der Waals surface area contributed by atoms with Crippen LogP contribution in [0.5, 0.6) is 0 Å². The molecule has 7 heteroatoms. The highest BCUT2D eigenvalue weighted by molar-refractivity contribution is 7.89. The molecule has 0 aliphatic heterocycles. The Labute approximate surface area is 73.8 Å². The number of aromatic nitrogens is 3. The Hall–Kier alpha value is -1.47. The highest BCUT2D eigenvalue weighted by atomic mass is 32.2. The van der Waals surface area contributed by atoms with Crippen molar-refractivity contribution in [2.24, 2.45) is 5.14 Å². The van der Waals surface area contributed by atoms with Gasteiger partial charge in [0.15, 0.2) is 0 Å². The van der Waals surface area contributed by atoms with Crippen LogP contribution < -0.4 is 5.14 Å². The van der Waals surface area contributed by atoms with Crippen LogP contribution in [0.2, 0.25) is 0 Å². The van der Waals surface area contributed by atoms with Crippen LogP contribution in [0.25, 0.3) is 10.9 Å². The molecule has 2 aromatic rings. The smallest absolute Gasteiger partial charge is 0.258 e. The van der Waals surface area contributed by atoms with Crippen LogP contribution in [0.15, 0.2) is 23.5 Å². The number of fused-ring (bicyclic) bond motifs is 1. The van der Waals surface area contributed by atoms with Gasteiger partial charge in [0.25, 0.3) is 10.0 Å². The fourth-order valence-electron chi connectivity index (χ4n) is 1.08. The summed E-state index contributed by atoms with van der Waals surface area (Å²) in [6.07, 6.45) is 3.03. The molecule has 0 saturated carbocycles. The minimum Gasteiger partial charge on any atom is -0.360 e. The van der Waals surface area contributed by atoms with Gasteiger partial charge in [-0.2, -0.15) is 5.10 Å². The number of hydrogen-bond acceptors (Lipinski definition) is 4. The van der Waals surface area contributed by atoms with Crippen LogP contribution >= 0.6 is 0 Å². The molecule has 2 rings (SSSR count). The Morgan fingerprint density at radius 3 is 2.92 bits per heavy atom. The second-order valence-electron chi connectivity index (χ2n) is 2.50. The Bertz CT molecular complexity index is 545. The summed E-state index contributed by atoms with van der Waals surface area (Å²) >= 11 is 0. The molecule has 0 aromatic carbocycles. The molecule has 0 amide bonds. The zero-order chi connectivity index (χ0) is 9.47. The standard InChI is InChI=1S/C6H6N4O2S/c7-13(11,12)6-4-1-2-8-5(4)3-9-10-6/h1-3,8H,(H2,7,11,12). The summed E-state index contributed by atoms with van der Waals surface area (Å²) in [5.74, 6) is 0. The predicted molar refractivity (Wildman–Crippen MR) is 45.3 cm³/mol. The fraction of sp³-hybridized carbons (Fsp3) is 0. The van der Waals surface area contributed by atoms with Crippen LogP contribution in [0.3, 0.4) is 0 Å². The lowest BCUT2D eigenvalue weighted by atomic mass is 10.4. The Morgan fingerprint density at radius 1 is 1.46 bits per heavy atom. The van der Waals surface area contributed by atoms with Crippen molar-refractivity contribution in [2.45, 2.75) is 5.03 Å². The molecule has 0 spiro atoms. The number of rotatable bonds is 1. The van der Waals surface area contributed by atoms with E-state index in [9.17, 15) is 8.42 Å². The van der Waals surface area contributed by atoms with Gasteiger partial charge in [0, 0.05) is 11.6 Å². The quantitative estimate of drug-likeness (QED) is 0.651. The second kappa shape index (κ2) is 2.51. The summed E-state index contributed by atoms with van der Waals surface area (Å²) in [6, 6.07) is 1.59. The molecule has 68 valence electrons. The molecule has 0 fully saturated rings. The van der Waals surface area contributed by atoms with Crippen LogP contribution in [0.1, 0.15) is 0 Å². The van der Waals surface area contributed by atoms with E-state index in [1.807, 2.05) is 0 Å². The maximum absolute atomic E-state index is 11.0. The summed E-state index contributed by atoms with van der Waals surface area (Å²) in [5, 5.41) is 12.2. The van der Waals surface area contributed by atoms with Crippen molar-refractivity contribution in [1.82, 2.24) is 15.2 Å². The molecule has 0 aliphatic carbocycles. The normalized spacial score (nSPS) is 12.1. The van der Waals surface area contributed by atoms with Crippen molar-refractivity contribution in [1.29, 1.82) is 0 Å². The number of sulfonamides is 1. The SMILES string of the molecule is NS(=O)(=O)c1nncc2[nH]ccc12. The van der Waals surface area contributed by atoms with Crippen LogP contribution in [-0.2, 0) is 10.0 Å². The number of H-pyrrole nitrogens is 1. The molecular formula is C6H6N4O2S. The molecule has 2 aromatic heterocycles. The molecule has 0 aliphatic rings. The maximum Gasteiger partial charge on any atom is 0.258 e. The average Bonchev–Trinajstić information content (AvgIpc) is 2.48. The highest BCUT2D eigenvalue weighted by Crippen LogP contribution is 2.16. The minimum atomic E-state index is -3.79. The molecule has 3 N–H and O–H groups in total. The van der Waals surface area contributed by atoms with Crippen LogP contribution in [-0.4, -0.2) is 23.6 Å². The second-order valence-corrected chi connectivity index (χ2v) is 3.98. The van der Waals surface area contributed by atoms with Gasteiger partial charge in [-0.05, 0) is 6.07 Å². The van der Waals surface area contributed by atoms with Gasteiger partial charge in [-0.25, -0.2) is 13.6 Å². The summed E-state index contributed by atoms with van der Waals surface area (Å²) in [5.41, 5.74) is 0.596. The van der Waals surface area contributed by atoms with E-state index < -0.39 is 10.0 Å². The molecule has 0 saturated heterocycles. The van der Waals surface area contributed by atoms with E-state index in [0.717, 1.165) is 0 Å². The van der Waals surface area contributed by atoms with E-state index in [0.29, 0.717) is 10.9 Å². The molecule has 0 bridgehead atoms. The largest absolute Gasteiger partial charge is 0.360 e. The molecular weight excluding hydrogens is 192 g/mol. The molecule has 0 unspecified atom stereocenters. The zero-order valence-corrected chi connectivity index (χ0v) is 7.25. The zero-order valence-electron chi connectivity index (χ0n) is 6.43. The first-order chi connectivity index (χ1) is 6.09. The fourth-order valence-corrected chi connectivity index (χ4v) is 1.72. The van der Waals surface area contributed by atoms with Gasteiger partial charge in [0.05, 0.1) is 11.7 Å². The molecule has 0 radical (unpaired) electrons. The van der Waals surface area contributed by atoms with Gasteiger partial charge < -0.3 is 4.98 Å². The van der Waals surface area contributed by atoms with Gasteiger partial charge in [-0.1, -0.05) is 0 Å². The van der Waals surface area contributed by atoms with Gasteiger partial charge in [0.1, 0.15) is 0 Å². The topological polar surface area (TPSA) is 102 Å².